The quantitative estimate of drug-likeness (QED) is 0.926. The lowest BCUT2D eigenvalue weighted by Gasteiger charge is -2.21. The molecule has 1 aromatic carbocycles. The molecule has 0 bridgehead atoms. The highest BCUT2D eigenvalue weighted by atomic mass is 35.5. The molecule has 2 rings (SSSR count). The first kappa shape index (κ1) is 14.9. The summed E-state index contributed by atoms with van der Waals surface area (Å²) in [5, 5.41) is 3.41. The number of likely N-dealkylation sites (tertiary alicyclic amines) is 1. The molecule has 0 aromatic heterocycles. The van der Waals surface area contributed by atoms with Crippen molar-refractivity contribution < 1.29 is 9.59 Å². The van der Waals surface area contributed by atoms with Crippen molar-refractivity contribution in [2.75, 3.05) is 13.1 Å². The number of carbonyl (C=O) groups excluding carboxylic acids is 2. The van der Waals surface area contributed by atoms with E-state index in [0.717, 1.165) is 0 Å². The first-order valence-electron chi connectivity index (χ1n) is 6.80. The van der Waals surface area contributed by atoms with Crippen LogP contribution in [0.1, 0.15) is 30.6 Å². The van der Waals surface area contributed by atoms with Gasteiger partial charge in [-0.05, 0) is 32.0 Å². The van der Waals surface area contributed by atoms with Crippen molar-refractivity contribution in [3.8, 4) is 0 Å². The summed E-state index contributed by atoms with van der Waals surface area (Å²) in [5.74, 6) is 0.206. The predicted molar refractivity (Wildman–Crippen MR) is 78.7 cm³/mol. The minimum atomic E-state index is -0.150. The van der Waals surface area contributed by atoms with Gasteiger partial charge >= 0.3 is 0 Å². The fraction of sp³-hybridized carbons (Fsp3) is 0.467. The second-order valence-electron chi connectivity index (χ2n) is 5.43. The van der Waals surface area contributed by atoms with Crippen LogP contribution >= 0.6 is 11.6 Å². The molecular formula is C15H19ClN2O2. The lowest BCUT2D eigenvalue weighted by Crippen LogP contribution is -2.34. The first-order valence-corrected chi connectivity index (χ1v) is 7.18. The van der Waals surface area contributed by atoms with E-state index in [1.165, 1.54) is 0 Å². The van der Waals surface area contributed by atoms with E-state index in [9.17, 15) is 9.59 Å². The van der Waals surface area contributed by atoms with E-state index in [1.54, 1.807) is 24.3 Å². The van der Waals surface area contributed by atoms with Gasteiger partial charge in [0.1, 0.15) is 0 Å². The van der Waals surface area contributed by atoms with Gasteiger partial charge in [0, 0.05) is 42.1 Å². The van der Waals surface area contributed by atoms with Gasteiger partial charge in [0.25, 0.3) is 5.91 Å². The lowest BCUT2D eigenvalue weighted by atomic mass is 10.1. The van der Waals surface area contributed by atoms with Gasteiger partial charge in [0.15, 0.2) is 0 Å². The molecule has 0 aliphatic carbocycles. The van der Waals surface area contributed by atoms with Crippen molar-refractivity contribution >= 4 is 23.4 Å². The topological polar surface area (TPSA) is 49.4 Å². The molecule has 1 atom stereocenters. The molecule has 1 unspecified atom stereocenters. The van der Waals surface area contributed by atoms with Crippen LogP contribution in [0.3, 0.4) is 0 Å². The van der Waals surface area contributed by atoms with Gasteiger partial charge in [-0.15, -0.1) is 0 Å². The van der Waals surface area contributed by atoms with Crippen molar-refractivity contribution in [2.45, 2.75) is 26.3 Å². The number of carbonyl (C=O) groups is 2. The van der Waals surface area contributed by atoms with Crippen molar-refractivity contribution in [3.05, 3.63) is 34.9 Å². The van der Waals surface area contributed by atoms with Crippen LogP contribution in [0.15, 0.2) is 24.3 Å². The molecular weight excluding hydrogens is 276 g/mol. The summed E-state index contributed by atoms with van der Waals surface area (Å²) in [4.78, 5) is 25.6. The zero-order chi connectivity index (χ0) is 14.7. The summed E-state index contributed by atoms with van der Waals surface area (Å²) in [6.07, 6.45) is 0.508. The van der Waals surface area contributed by atoms with E-state index in [4.69, 9.17) is 11.6 Å². The highest BCUT2D eigenvalue weighted by Gasteiger charge is 2.31. The summed E-state index contributed by atoms with van der Waals surface area (Å²) >= 11 is 5.86. The van der Waals surface area contributed by atoms with Gasteiger partial charge in [-0.2, -0.15) is 0 Å². The van der Waals surface area contributed by atoms with E-state index < -0.39 is 0 Å². The van der Waals surface area contributed by atoms with Crippen LogP contribution in [0.4, 0.5) is 0 Å². The van der Waals surface area contributed by atoms with E-state index in [1.807, 2.05) is 18.7 Å². The molecule has 1 aliphatic rings. The SMILES string of the molecule is CC(C)N1CC(CNC(=O)c2cccc(Cl)c2)CC1=O. The van der Waals surface area contributed by atoms with Gasteiger partial charge in [0.2, 0.25) is 5.91 Å². The molecule has 1 aromatic rings. The Hall–Kier alpha value is -1.55. The molecule has 4 nitrogen and oxygen atoms in total. The minimum Gasteiger partial charge on any atom is -0.352 e. The monoisotopic (exact) mass is 294 g/mol. The van der Waals surface area contributed by atoms with E-state index in [2.05, 4.69) is 5.32 Å². The molecule has 0 radical (unpaired) electrons. The molecule has 1 aliphatic heterocycles. The Morgan fingerprint density at radius 1 is 1.50 bits per heavy atom. The number of halogens is 1. The third-order valence-electron chi connectivity index (χ3n) is 3.50. The minimum absolute atomic E-state index is 0.150. The summed E-state index contributed by atoms with van der Waals surface area (Å²) in [5.41, 5.74) is 0.544. The molecule has 2 amide bonds. The number of amides is 2. The van der Waals surface area contributed by atoms with Crippen LogP contribution in [0.2, 0.25) is 5.02 Å². The smallest absolute Gasteiger partial charge is 0.251 e. The molecule has 0 spiro atoms. The predicted octanol–water partition coefficient (Wildman–Crippen LogP) is 2.33. The molecule has 5 heteroatoms. The average Bonchev–Trinajstić information content (AvgIpc) is 2.77. The molecule has 1 saturated heterocycles. The maximum Gasteiger partial charge on any atom is 0.251 e. The number of rotatable bonds is 4. The Morgan fingerprint density at radius 2 is 2.25 bits per heavy atom. The average molecular weight is 295 g/mol. The summed E-state index contributed by atoms with van der Waals surface area (Å²) in [6, 6.07) is 7.06. The standard InChI is InChI=1S/C15H19ClN2O2/c1-10(2)18-9-11(6-14(18)19)8-17-15(20)12-4-3-5-13(16)7-12/h3-5,7,10-11H,6,8-9H2,1-2H3,(H,17,20). The number of hydrogen-bond donors (Lipinski definition) is 1. The zero-order valence-electron chi connectivity index (χ0n) is 11.7. The normalized spacial score (nSPS) is 18.7. The van der Waals surface area contributed by atoms with Crippen LogP contribution in [0.5, 0.6) is 0 Å². The Morgan fingerprint density at radius 3 is 2.85 bits per heavy atom. The molecule has 108 valence electrons. The van der Waals surface area contributed by atoms with Crippen molar-refractivity contribution in [1.82, 2.24) is 10.2 Å². The van der Waals surface area contributed by atoms with Crippen molar-refractivity contribution in [1.29, 1.82) is 0 Å². The molecule has 1 N–H and O–H groups in total. The Labute approximate surface area is 124 Å². The third-order valence-corrected chi connectivity index (χ3v) is 3.74. The Bertz CT molecular complexity index is 516. The number of hydrogen-bond acceptors (Lipinski definition) is 2. The highest BCUT2D eigenvalue weighted by molar-refractivity contribution is 6.30. The van der Waals surface area contributed by atoms with Gasteiger partial charge in [-0.25, -0.2) is 0 Å². The Balaban J connectivity index is 1.87. The zero-order valence-corrected chi connectivity index (χ0v) is 12.5. The lowest BCUT2D eigenvalue weighted by molar-refractivity contribution is -0.129. The molecule has 20 heavy (non-hydrogen) atoms. The van der Waals surface area contributed by atoms with Crippen molar-refractivity contribution in [2.24, 2.45) is 5.92 Å². The van der Waals surface area contributed by atoms with Crippen LogP contribution in [-0.2, 0) is 4.79 Å². The van der Waals surface area contributed by atoms with E-state index in [-0.39, 0.29) is 23.8 Å². The van der Waals surface area contributed by atoms with Crippen LogP contribution < -0.4 is 5.32 Å². The second-order valence-corrected chi connectivity index (χ2v) is 5.87. The largest absolute Gasteiger partial charge is 0.352 e. The fourth-order valence-electron chi connectivity index (χ4n) is 2.41. The highest BCUT2D eigenvalue weighted by Crippen LogP contribution is 2.19. The van der Waals surface area contributed by atoms with E-state index >= 15 is 0 Å². The number of benzene rings is 1. The summed E-state index contributed by atoms with van der Waals surface area (Å²) in [6.45, 7) is 5.24. The first-order chi connectivity index (χ1) is 9.47. The second kappa shape index (κ2) is 6.27. The molecule has 0 saturated carbocycles. The Kier molecular flexibility index (Phi) is 4.65. The van der Waals surface area contributed by atoms with Crippen LogP contribution in [0, 0.1) is 5.92 Å². The van der Waals surface area contributed by atoms with Crippen molar-refractivity contribution in [3.63, 3.8) is 0 Å². The van der Waals surface area contributed by atoms with E-state index in [0.29, 0.717) is 30.1 Å². The number of nitrogens with zero attached hydrogens (tertiary/aromatic N) is 1. The maximum atomic E-state index is 12.0. The third kappa shape index (κ3) is 3.51. The van der Waals surface area contributed by atoms with Gasteiger partial charge < -0.3 is 10.2 Å². The molecule has 1 fully saturated rings. The summed E-state index contributed by atoms with van der Waals surface area (Å²) < 4.78 is 0. The number of nitrogens with one attached hydrogen (secondary N) is 1. The van der Waals surface area contributed by atoms with Gasteiger partial charge in [-0.1, -0.05) is 17.7 Å². The summed E-state index contributed by atoms with van der Waals surface area (Å²) in [7, 11) is 0. The molecule has 1 heterocycles. The maximum absolute atomic E-state index is 12.0. The van der Waals surface area contributed by atoms with Crippen LogP contribution in [0.25, 0.3) is 0 Å². The fourth-order valence-corrected chi connectivity index (χ4v) is 2.60. The van der Waals surface area contributed by atoms with Gasteiger partial charge in [0.05, 0.1) is 0 Å². The van der Waals surface area contributed by atoms with Crippen LogP contribution in [-0.4, -0.2) is 35.8 Å². The van der Waals surface area contributed by atoms with Gasteiger partial charge in [-0.3, -0.25) is 9.59 Å².